The van der Waals surface area contributed by atoms with Crippen LogP contribution in [0.2, 0.25) is 0 Å². The molecule has 0 unspecified atom stereocenters. The molecule has 3 rings (SSSR count). The highest BCUT2D eigenvalue weighted by molar-refractivity contribution is 5.76. The van der Waals surface area contributed by atoms with Gasteiger partial charge in [0, 0.05) is 6.42 Å². The molecule has 0 spiro atoms. The Hall–Kier alpha value is -2.35. The minimum atomic E-state index is 0.281. The van der Waals surface area contributed by atoms with Gasteiger partial charge < -0.3 is 9.90 Å². The number of hydrogen-bond acceptors (Lipinski definition) is 2. The van der Waals surface area contributed by atoms with E-state index in [4.69, 9.17) is 0 Å². The monoisotopic (exact) mass is 278 g/mol. The van der Waals surface area contributed by atoms with Crippen LogP contribution in [0.5, 0.6) is 5.75 Å². The molecule has 0 amide bonds. The summed E-state index contributed by atoms with van der Waals surface area (Å²) in [6.45, 7) is 0. The maximum atomic E-state index is 10.4. The van der Waals surface area contributed by atoms with Gasteiger partial charge in [-0.05, 0) is 53.2 Å². The normalized spacial score (nSPS) is 16.7. The van der Waals surface area contributed by atoms with Crippen LogP contribution < -0.4 is 0 Å². The predicted molar refractivity (Wildman–Crippen MR) is 85.0 cm³/mol. The largest absolute Gasteiger partial charge is 0.508 e. The van der Waals surface area contributed by atoms with E-state index in [-0.39, 0.29) is 5.75 Å². The highest BCUT2D eigenvalue weighted by atomic mass is 16.3. The van der Waals surface area contributed by atoms with Gasteiger partial charge in [0.2, 0.25) is 0 Å². The van der Waals surface area contributed by atoms with E-state index >= 15 is 0 Å². The summed E-state index contributed by atoms with van der Waals surface area (Å²) in [6, 6.07) is 5.75. The summed E-state index contributed by atoms with van der Waals surface area (Å²) in [4.78, 5) is 10.4. The third kappa shape index (κ3) is 2.89. The van der Waals surface area contributed by atoms with Crippen LogP contribution >= 0.6 is 0 Å². The van der Waals surface area contributed by atoms with E-state index in [1.807, 2.05) is 18.2 Å². The smallest absolute Gasteiger partial charge is 0.120 e. The first-order chi connectivity index (χ1) is 10.3. The van der Waals surface area contributed by atoms with Gasteiger partial charge in [0.25, 0.3) is 0 Å². The zero-order chi connectivity index (χ0) is 14.7. The maximum absolute atomic E-state index is 10.4. The molecule has 2 aliphatic carbocycles. The number of phenols is 1. The van der Waals surface area contributed by atoms with Gasteiger partial charge in [-0.1, -0.05) is 42.5 Å². The summed E-state index contributed by atoms with van der Waals surface area (Å²) >= 11 is 0. The van der Waals surface area contributed by atoms with Crippen molar-refractivity contribution >= 4 is 11.9 Å². The van der Waals surface area contributed by atoms with Gasteiger partial charge in [-0.25, -0.2) is 0 Å². The van der Waals surface area contributed by atoms with Crippen LogP contribution in [-0.2, 0) is 11.2 Å². The second kappa shape index (κ2) is 5.96. The van der Waals surface area contributed by atoms with Crippen LogP contribution in [0.1, 0.15) is 30.4 Å². The molecule has 0 fully saturated rings. The maximum Gasteiger partial charge on any atom is 0.120 e. The third-order valence-corrected chi connectivity index (χ3v) is 3.96. The Morgan fingerprint density at radius 2 is 2.10 bits per heavy atom. The lowest BCUT2D eigenvalue weighted by Gasteiger charge is -2.07. The lowest BCUT2D eigenvalue weighted by molar-refractivity contribution is -0.107. The number of aromatic hydroxyl groups is 1. The Balaban J connectivity index is 1.79. The second-order valence-electron chi connectivity index (χ2n) is 5.38. The molecule has 1 N–H and O–H groups in total. The van der Waals surface area contributed by atoms with Crippen molar-refractivity contribution < 1.29 is 9.90 Å². The van der Waals surface area contributed by atoms with Crippen LogP contribution in [0.4, 0.5) is 0 Å². The van der Waals surface area contributed by atoms with Gasteiger partial charge in [-0.3, -0.25) is 0 Å². The highest BCUT2D eigenvalue weighted by Crippen LogP contribution is 2.34. The SMILES string of the molecule is O=CCCc1ccc(C2=CC(C3=CCC=C3)=CC2)cc1O. The van der Waals surface area contributed by atoms with Crippen molar-refractivity contribution in [2.75, 3.05) is 0 Å². The first kappa shape index (κ1) is 13.6. The topological polar surface area (TPSA) is 37.3 Å². The Morgan fingerprint density at radius 3 is 2.81 bits per heavy atom. The zero-order valence-corrected chi connectivity index (χ0v) is 11.9. The van der Waals surface area contributed by atoms with E-state index in [1.165, 1.54) is 16.7 Å². The number of phenolic OH excluding ortho intramolecular Hbond substituents is 1. The number of carbonyl (C=O) groups is 1. The molecule has 0 atom stereocenters. The van der Waals surface area contributed by atoms with E-state index in [0.29, 0.717) is 12.8 Å². The molecule has 21 heavy (non-hydrogen) atoms. The van der Waals surface area contributed by atoms with Crippen molar-refractivity contribution in [3.63, 3.8) is 0 Å². The average Bonchev–Trinajstić information content (AvgIpc) is 3.16. The second-order valence-corrected chi connectivity index (χ2v) is 5.38. The predicted octanol–water partition coefficient (Wildman–Crippen LogP) is 4.12. The van der Waals surface area contributed by atoms with Gasteiger partial charge in [-0.2, -0.15) is 0 Å². The Kier molecular flexibility index (Phi) is 3.87. The number of aldehydes is 1. The average molecular weight is 278 g/mol. The van der Waals surface area contributed by atoms with Crippen LogP contribution in [-0.4, -0.2) is 11.4 Å². The Morgan fingerprint density at radius 1 is 1.19 bits per heavy atom. The van der Waals surface area contributed by atoms with Gasteiger partial charge >= 0.3 is 0 Å². The van der Waals surface area contributed by atoms with Crippen LogP contribution in [0.15, 0.2) is 59.7 Å². The highest BCUT2D eigenvalue weighted by Gasteiger charge is 2.13. The first-order valence-corrected chi connectivity index (χ1v) is 7.31. The van der Waals surface area contributed by atoms with Gasteiger partial charge in [0.05, 0.1) is 0 Å². The number of carbonyl (C=O) groups excluding carboxylic acids is 1. The number of hydrogen-bond donors (Lipinski definition) is 1. The molecule has 0 saturated carbocycles. The molecule has 2 aliphatic rings. The van der Waals surface area contributed by atoms with Crippen LogP contribution in [0.3, 0.4) is 0 Å². The number of rotatable bonds is 5. The molecule has 2 nitrogen and oxygen atoms in total. The van der Waals surface area contributed by atoms with E-state index in [1.54, 1.807) is 0 Å². The molecule has 1 aromatic carbocycles. The van der Waals surface area contributed by atoms with E-state index in [2.05, 4.69) is 30.4 Å². The number of allylic oxidation sites excluding steroid dienone is 8. The third-order valence-electron chi connectivity index (χ3n) is 3.96. The quantitative estimate of drug-likeness (QED) is 0.822. The summed E-state index contributed by atoms with van der Waals surface area (Å²) in [5.41, 5.74) is 5.67. The fraction of sp³-hybridized carbons (Fsp3) is 0.211. The fourth-order valence-corrected chi connectivity index (χ4v) is 2.79. The van der Waals surface area contributed by atoms with Crippen molar-refractivity contribution in [3.8, 4) is 5.75 Å². The molecule has 2 heteroatoms. The summed E-state index contributed by atoms with van der Waals surface area (Å²) < 4.78 is 0. The molecule has 0 saturated heterocycles. The fourth-order valence-electron chi connectivity index (χ4n) is 2.79. The first-order valence-electron chi connectivity index (χ1n) is 7.31. The van der Waals surface area contributed by atoms with Gasteiger partial charge in [-0.15, -0.1) is 0 Å². The van der Waals surface area contributed by atoms with E-state index in [9.17, 15) is 9.90 Å². The van der Waals surface area contributed by atoms with Crippen molar-refractivity contribution in [3.05, 3.63) is 70.9 Å². The Bertz CT molecular complexity index is 688. The Labute approximate surface area is 124 Å². The summed E-state index contributed by atoms with van der Waals surface area (Å²) in [7, 11) is 0. The lowest BCUT2D eigenvalue weighted by atomic mass is 10.0. The summed E-state index contributed by atoms with van der Waals surface area (Å²) in [5, 5.41) is 10.1. The van der Waals surface area contributed by atoms with Gasteiger partial charge in [0.15, 0.2) is 0 Å². The lowest BCUT2D eigenvalue weighted by Crippen LogP contribution is -1.89. The van der Waals surface area contributed by atoms with Crippen LogP contribution in [0.25, 0.3) is 5.57 Å². The van der Waals surface area contributed by atoms with Crippen molar-refractivity contribution in [1.82, 2.24) is 0 Å². The molecule has 106 valence electrons. The molecule has 0 heterocycles. The summed E-state index contributed by atoms with van der Waals surface area (Å²) in [5.74, 6) is 0.281. The van der Waals surface area contributed by atoms with E-state index in [0.717, 1.165) is 30.3 Å². The minimum absolute atomic E-state index is 0.281. The molecule has 0 aromatic heterocycles. The number of benzene rings is 1. The standard InChI is InChI=1S/C19H18O2/c20-11-3-6-15-7-8-18(13-19(15)21)17-10-9-16(12-17)14-4-1-2-5-14/h1,4-5,7-9,11-13,21H,2-3,6,10H2. The van der Waals surface area contributed by atoms with Crippen molar-refractivity contribution in [2.24, 2.45) is 0 Å². The van der Waals surface area contributed by atoms with E-state index < -0.39 is 0 Å². The minimum Gasteiger partial charge on any atom is -0.508 e. The zero-order valence-electron chi connectivity index (χ0n) is 11.9. The molecule has 0 aliphatic heterocycles. The van der Waals surface area contributed by atoms with Crippen molar-refractivity contribution in [1.29, 1.82) is 0 Å². The molecular weight excluding hydrogens is 260 g/mol. The molecule has 1 aromatic rings. The van der Waals surface area contributed by atoms with Crippen molar-refractivity contribution in [2.45, 2.75) is 25.7 Å². The molecular formula is C19H18O2. The number of aryl methyl sites for hydroxylation is 1. The molecule has 0 radical (unpaired) electrons. The van der Waals surface area contributed by atoms with Gasteiger partial charge in [0.1, 0.15) is 12.0 Å². The van der Waals surface area contributed by atoms with Crippen LogP contribution in [0, 0.1) is 0 Å². The molecule has 0 bridgehead atoms. The summed E-state index contributed by atoms with van der Waals surface area (Å²) in [6.07, 6.45) is 14.8.